The zero-order valence-corrected chi connectivity index (χ0v) is 13.1. The number of hydrogen-bond acceptors (Lipinski definition) is 4. The summed E-state index contributed by atoms with van der Waals surface area (Å²) in [6, 6.07) is 9.08. The molecule has 2 amide bonds. The molecule has 0 aliphatic carbocycles. The molecule has 122 valence electrons. The van der Waals surface area contributed by atoms with Gasteiger partial charge in [0, 0.05) is 12.7 Å². The molecule has 0 spiro atoms. The second-order valence-corrected chi connectivity index (χ2v) is 5.68. The van der Waals surface area contributed by atoms with E-state index in [1.807, 2.05) is 24.3 Å². The zero-order valence-electron chi connectivity index (χ0n) is 13.1. The number of carbonyl (C=O) groups excluding carboxylic acids is 1. The Bertz CT molecular complexity index is 594. The van der Waals surface area contributed by atoms with E-state index in [2.05, 4.69) is 20.5 Å². The van der Waals surface area contributed by atoms with Gasteiger partial charge in [-0.05, 0) is 50.2 Å². The van der Waals surface area contributed by atoms with Crippen molar-refractivity contribution in [3.8, 4) is 0 Å². The number of anilines is 1. The highest BCUT2D eigenvalue weighted by Gasteiger charge is 2.24. The third kappa shape index (κ3) is 4.32. The van der Waals surface area contributed by atoms with Crippen molar-refractivity contribution in [3.05, 3.63) is 48.6 Å². The van der Waals surface area contributed by atoms with Crippen molar-refractivity contribution in [2.75, 3.05) is 25.0 Å². The Kier molecular flexibility index (Phi) is 5.26. The number of likely N-dealkylation sites (tertiary alicyclic amines) is 1. The number of nitrogens with zero attached hydrogens (tertiary/aromatic N) is 2. The summed E-state index contributed by atoms with van der Waals surface area (Å²) in [7, 11) is 0. The van der Waals surface area contributed by atoms with Gasteiger partial charge in [0.15, 0.2) is 0 Å². The lowest BCUT2D eigenvalue weighted by atomic mass is 10.1. The third-order valence-electron chi connectivity index (χ3n) is 4.07. The first-order chi connectivity index (χ1) is 11.3. The van der Waals surface area contributed by atoms with Crippen LogP contribution in [-0.4, -0.2) is 35.5 Å². The molecule has 1 fully saturated rings. The minimum absolute atomic E-state index is 0.0692. The highest BCUT2D eigenvalue weighted by molar-refractivity contribution is 5.88. The molecule has 1 aliphatic rings. The number of amides is 2. The molecule has 0 saturated carbocycles. The molecule has 0 aromatic carbocycles. The van der Waals surface area contributed by atoms with Gasteiger partial charge in [0.1, 0.15) is 11.6 Å². The highest BCUT2D eigenvalue weighted by atomic mass is 16.3. The molecule has 23 heavy (non-hydrogen) atoms. The van der Waals surface area contributed by atoms with Crippen LogP contribution in [0.2, 0.25) is 0 Å². The molecule has 6 heteroatoms. The van der Waals surface area contributed by atoms with Crippen LogP contribution in [0.4, 0.5) is 10.6 Å². The Morgan fingerprint density at radius 2 is 2.09 bits per heavy atom. The number of furan rings is 1. The van der Waals surface area contributed by atoms with E-state index in [1.54, 1.807) is 18.5 Å². The van der Waals surface area contributed by atoms with Gasteiger partial charge in [0.2, 0.25) is 0 Å². The van der Waals surface area contributed by atoms with Gasteiger partial charge in [0.25, 0.3) is 0 Å². The topological polar surface area (TPSA) is 70.4 Å². The molecule has 0 unspecified atom stereocenters. The first-order valence-corrected chi connectivity index (χ1v) is 8.06. The number of nitrogens with one attached hydrogen (secondary N) is 2. The van der Waals surface area contributed by atoms with Gasteiger partial charge in [-0.1, -0.05) is 12.5 Å². The molecule has 3 rings (SSSR count). The largest absolute Gasteiger partial charge is 0.468 e. The SMILES string of the molecule is O=C(NC[C@@H](c1ccco1)N1CCCCC1)Nc1ccccn1. The fraction of sp³-hybridized carbons (Fsp3) is 0.412. The molecule has 1 aliphatic heterocycles. The van der Waals surface area contributed by atoms with E-state index in [0.29, 0.717) is 12.4 Å². The lowest BCUT2D eigenvalue weighted by Crippen LogP contribution is -2.41. The number of carbonyl (C=O) groups is 1. The third-order valence-corrected chi connectivity index (χ3v) is 4.07. The fourth-order valence-electron chi connectivity index (χ4n) is 2.91. The highest BCUT2D eigenvalue weighted by Crippen LogP contribution is 2.24. The summed E-state index contributed by atoms with van der Waals surface area (Å²) in [4.78, 5) is 18.5. The van der Waals surface area contributed by atoms with Gasteiger partial charge in [0.05, 0.1) is 12.3 Å². The normalized spacial score (nSPS) is 16.7. The van der Waals surface area contributed by atoms with E-state index in [-0.39, 0.29) is 12.1 Å². The molecular formula is C17H22N4O2. The Morgan fingerprint density at radius 1 is 1.22 bits per heavy atom. The molecular weight excluding hydrogens is 292 g/mol. The molecule has 1 saturated heterocycles. The van der Waals surface area contributed by atoms with E-state index in [0.717, 1.165) is 18.8 Å². The second-order valence-electron chi connectivity index (χ2n) is 5.68. The molecule has 3 heterocycles. The first-order valence-electron chi connectivity index (χ1n) is 8.06. The van der Waals surface area contributed by atoms with E-state index in [9.17, 15) is 4.79 Å². The van der Waals surface area contributed by atoms with E-state index in [4.69, 9.17) is 4.42 Å². The van der Waals surface area contributed by atoms with Crippen LogP contribution in [0.25, 0.3) is 0 Å². The summed E-state index contributed by atoms with van der Waals surface area (Å²) in [5, 5.41) is 5.66. The number of aromatic nitrogens is 1. The monoisotopic (exact) mass is 314 g/mol. The fourth-order valence-corrected chi connectivity index (χ4v) is 2.91. The lowest BCUT2D eigenvalue weighted by molar-refractivity contribution is 0.144. The molecule has 2 aromatic rings. The van der Waals surface area contributed by atoms with Crippen LogP contribution in [0, 0.1) is 0 Å². The maximum Gasteiger partial charge on any atom is 0.320 e. The van der Waals surface area contributed by atoms with Gasteiger partial charge in [-0.15, -0.1) is 0 Å². The lowest BCUT2D eigenvalue weighted by Gasteiger charge is -2.33. The van der Waals surface area contributed by atoms with E-state index >= 15 is 0 Å². The number of piperidine rings is 1. The Balaban J connectivity index is 1.59. The smallest absolute Gasteiger partial charge is 0.320 e. The molecule has 2 aromatic heterocycles. The molecule has 1 atom stereocenters. The first kappa shape index (κ1) is 15.6. The van der Waals surface area contributed by atoms with Crippen LogP contribution in [0.1, 0.15) is 31.1 Å². The van der Waals surface area contributed by atoms with Crippen LogP contribution in [0.5, 0.6) is 0 Å². The van der Waals surface area contributed by atoms with Crippen molar-refractivity contribution in [1.29, 1.82) is 0 Å². The second kappa shape index (κ2) is 7.78. The van der Waals surface area contributed by atoms with E-state index in [1.165, 1.54) is 19.3 Å². The number of hydrogen-bond donors (Lipinski definition) is 2. The van der Waals surface area contributed by atoms with Gasteiger partial charge in [-0.3, -0.25) is 10.2 Å². The van der Waals surface area contributed by atoms with Crippen LogP contribution in [0.3, 0.4) is 0 Å². The number of pyridine rings is 1. The van der Waals surface area contributed by atoms with Crippen molar-refractivity contribution in [3.63, 3.8) is 0 Å². The van der Waals surface area contributed by atoms with Crippen molar-refractivity contribution < 1.29 is 9.21 Å². The van der Waals surface area contributed by atoms with Crippen molar-refractivity contribution in [2.45, 2.75) is 25.3 Å². The maximum atomic E-state index is 12.1. The summed E-state index contributed by atoms with van der Waals surface area (Å²) in [6.45, 7) is 2.58. The molecule has 6 nitrogen and oxygen atoms in total. The Hall–Kier alpha value is -2.34. The summed E-state index contributed by atoms with van der Waals surface area (Å²) in [5.74, 6) is 1.43. The van der Waals surface area contributed by atoms with Gasteiger partial charge < -0.3 is 9.73 Å². The van der Waals surface area contributed by atoms with Crippen LogP contribution < -0.4 is 10.6 Å². The Morgan fingerprint density at radius 3 is 2.78 bits per heavy atom. The molecule has 0 radical (unpaired) electrons. The van der Waals surface area contributed by atoms with Crippen molar-refractivity contribution in [2.24, 2.45) is 0 Å². The van der Waals surface area contributed by atoms with Crippen LogP contribution >= 0.6 is 0 Å². The van der Waals surface area contributed by atoms with Gasteiger partial charge >= 0.3 is 6.03 Å². The van der Waals surface area contributed by atoms with Gasteiger partial charge in [-0.25, -0.2) is 9.78 Å². The Labute approximate surface area is 135 Å². The number of rotatable bonds is 5. The maximum absolute atomic E-state index is 12.1. The minimum Gasteiger partial charge on any atom is -0.468 e. The predicted octanol–water partition coefficient (Wildman–Crippen LogP) is 3.02. The van der Waals surface area contributed by atoms with Crippen LogP contribution in [0.15, 0.2) is 47.2 Å². The summed E-state index contributed by atoms with van der Waals surface area (Å²) in [6.07, 6.45) is 6.99. The zero-order chi connectivity index (χ0) is 15.9. The number of urea groups is 1. The quantitative estimate of drug-likeness (QED) is 0.890. The molecule has 2 N–H and O–H groups in total. The summed E-state index contributed by atoms with van der Waals surface area (Å²) < 4.78 is 5.57. The average molecular weight is 314 g/mol. The summed E-state index contributed by atoms with van der Waals surface area (Å²) >= 11 is 0. The van der Waals surface area contributed by atoms with Gasteiger partial charge in [-0.2, -0.15) is 0 Å². The van der Waals surface area contributed by atoms with Crippen LogP contribution in [-0.2, 0) is 0 Å². The average Bonchev–Trinajstić information content (AvgIpc) is 3.11. The predicted molar refractivity (Wildman–Crippen MR) is 88.1 cm³/mol. The van der Waals surface area contributed by atoms with E-state index < -0.39 is 0 Å². The van der Waals surface area contributed by atoms with Crippen molar-refractivity contribution in [1.82, 2.24) is 15.2 Å². The minimum atomic E-state index is -0.253. The summed E-state index contributed by atoms with van der Waals surface area (Å²) in [5.41, 5.74) is 0. The molecule has 0 bridgehead atoms. The standard InChI is InChI=1S/C17H22N4O2/c22-17(20-16-8-2-3-9-18-16)19-13-14(15-7-6-12-23-15)21-10-4-1-5-11-21/h2-3,6-9,12,14H,1,4-5,10-11,13H2,(H2,18,19,20,22)/t14-/m0/s1. The van der Waals surface area contributed by atoms with Crippen molar-refractivity contribution >= 4 is 11.8 Å².